The molecule has 23 heavy (non-hydrogen) atoms. The van der Waals surface area contributed by atoms with Gasteiger partial charge in [0.05, 0.1) is 12.5 Å². The molecular weight excluding hydrogens is 309 g/mol. The van der Waals surface area contributed by atoms with Crippen LogP contribution in [0.4, 0.5) is 13.2 Å². The molecule has 5 nitrogen and oxygen atoms in total. The summed E-state index contributed by atoms with van der Waals surface area (Å²) < 4.78 is 40.2. The Bertz CT molecular complexity index is 564. The van der Waals surface area contributed by atoms with E-state index < -0.39 is 12.1 Å². The summed E-state index contributed by atoms with van der Waals surface area (Å²) >= 11 is 0. The van der Waals surface area contributed by atoms with Crippen LogP contribution < -0.4 is 5.32 Å². The first-order valence-electron chi connectivity index (χ1n) is 8.18. The van der Waals surface area contributed by atoms with Crippen LogP contribution in [0, 0.1) is 11.8 Å². The molecule has 1 atom stereocenters. The van der Waals surface area contributed by atoms with Crippen LogP contribution in [0.1, 0.15) is 50.2 Å². The van der Waals surface area contributed by atoms with Crippen molar-refractivity contribution in [1.82, 2.24) is 20.1 Å². The first kappa shape index (κ1) is 16.3. The van der Waals surface area contributed by atoms with Gasteiger partial charge in [0.1, 0.15) is 5.82 Å². The average molecular weight is 330 g/mol. The highest BCUT2D eigenvalue weighted by molar-refractivity contribution is 5.76. The summed E-state index contributed by atoms with van der Waals surface area (Å²) in [5.41, 5.74) is 0. The van der Waals surface area contributed by atoms with Gasteiger partial charge in [0.2, 0.25) is 5.91 Å². The van der Waals surface area contributed by atoms with Crippen molar-refractivity contribution in [3.63, 3.8) is 0 Å². The lowest BCUT2D eigenvalue weighted by Gasteiger charge is -2.26. The molecule has 1 aliphatic heterocycles. The number of hydrogen-bond donors (Lipinski definition) is 1. The van der Waals surface area contributed by atoms with Gasteiger partial charge in [0.25, 0.3) is 0 Å². The minimum atomic E-state index is -4.20. The van der Waals surface area contributed by atoms with Crippen molar-refractivity contribution in [3.8, 4) is 0 Å². The van der Waals surface area contributed by atoms with Gasteiger partial charge in [-0.25, -0.2) is 0 Å². The zero-order valence-electron chi connectivity index (χ0n) is 12.9. The second kappa shape index (κ2) is 6.49. The van der Waals surface area contributed by atoms with E-state index in [4.69, 9.17) is 0 Å². The number of carbonyl (C=O) groups is 1. The first-order chi connectivity index (χ1) is 10.9. The minimum absolute atomic E-state index is 0.0513. The highest BCUT2D eigenvalue weighted by Gasteiger charge is 2.42. The highest BCUT2D eigenvalue weighted by Crippen LogP contribution is 2.34. The SMILES string of the molecule is O=C(CC1CCCC1)NCc1nnc2n1CC(C(F)(F)F)CC2. The van der Waals surface area contributed by atoms with Crippen molar-refractivity contribution in [2.24, 2.45) is 11.8 Å². The summed E-state index contributed by atoms with van der Waals surface area (Å²) in [6.07, 6.45) is 1.13. The Morgan fingerprint density at radius 2 is 1.96 bits per heavy atom. The summed E-state index contributed by atoms with van der Waals surface area (Å²) in [4.78, 5) is 11.9. The maximum absolute atomic E-state index is 12.9. The summed E-state index contributed by atoms with van der Waals surface area (Å²) in [7, 11) is 0. The molecule has 1 aliphatic carbocycles. The van der Waals surface area contributed by atoms with Crippen molar-refractivity contribution in [2.45, 2.75) is 64.2 Å². The maximum atomic E-state index is 12.9. The van der Waals surface area contributed by atoms with E-state index in [1.807, 2.05) is 0 Å². The fourth-order valence-corrected chi connectivity index (χ4v) is 3.51. The molecule has 0 spiro atoms. The Labute approximate surface area is 132 Å². The van der Waals surface area contributed by atoms with Gasteiger partial charge in [-0.1, -0.05) is 12.8 Å². The van der Waals surface area contributed by atoms with Crippen LogP contribution in [0.5, 0.6) is 0 Å². The van der Waals surface area contributed by atoms with Crippen molar-refractivity contribution in [2.75, 3.05) is 0 Å². The number of nitrogens with one attached hydrogen (secondary N) is 1. The topological polar surface area (TPSA) is 59.8 Å². The van der Waals surface area contributed by atoms with Gasteiger partial charge in [0, 0.05) is 19.4 Å². The van der Waals surface area contributed by atoms with E-state index in [0.717, 1.165) is 12.8 Å². The number of aryl methyl sites for hydroxylation is 1. The van der Waals surface area contributed by atoms with Gasteiger partial charge in [-0.3, -0.25) is 4.79 Å². The number of hydrogen-bond acceptors (Lipinski definition) is 3. The quantitative estimate of drug-likeness (QED) is 0.923. The number of amides is 1. The van der Waals surface area contributed by atoms with Crippen LogP contribution in [-0.4, -0.2) is 26.8 Å². The van der Waals surface area contributed by atoms with E-state index in [2.05, 4.69) is 15.5 Å². The van der Waals surface area contributed by atoms with Gasteiger partial charge in [0.15, 0.2) is 5.82 Å². The fourth-order valence-electron chi connectivity index (χ4n) is 3.51. The fraction of sp³-hybridized carbons (Fsp3) is 0.800. The largest absolute Gasteiger partial charge is 0.393 e. The molecule has 1 fully saturated rings. The predicted molar refractivity (Wildman–Crippen MR) is 76.3 cm³/mol. The molecule has 1 aromatic rings. The molecule has 128 valence electrons. The second-order valence-electron chi connectivity index (χ2n) is 6.55. The number of fused-ring (bicyclic) bond motifs is 1. The molecule has 8 heteroatoms. The number of nitrogens with zero attached hydrogens (tertiary/aromatic N) is 3. The van der Waals surface area contributed by atoms with E-state index in [1.165, 1.54) is 17.4 Å². The standard InChI is InChI=1S/C15H21F3N4O/c16-15(17,18)11-5-6-12-20-21-13(22(12)9-11)8-19-14(23)7-10-3-1-2-4-10/h10-11H,1-9H2,(H,19,23). The molecule has 0 saturated heterocycles. The smallest absolute Gasteiger partial charge is 0.349 e. The Morgan fingerprint density at radius 3 is 2.65 bits per heavy atom. The van der Waals surface area contributed by atoms with Crippen LogP contribution >= 0.6 is 0 Å². The normalized spacial score (nSPS) is 22.1. The third-order valence-corrected chi connectivity index (χ3v) is 4.88. The first-order valence-corrected chi connectivity index (χ1v) is 8.18. The molecule has 1 unspecified atom stereocenters. The molecular formula is C15H21F3N4O. The van der Waals surface area contributed by atoms with Crippen molar-refractivity contribution in [1.29, 1.82) is 0 Å². The van der Waals surface area contributed by atoms with E-state index in [-0.39, 0.29) is 31.8 Å². The average Bonchev–Trinajstić information content (AvgIpc) is 3.13. The summed E-state index contributed by atoms with van der Waals surface area (Å²) in [6, 6.07) is 0. The molecule has 1 N–H and O–H groups in total. The molecule has 2 heterocycles. The van der Waals surface area contributed by atoms with E-state index in [9.17, 15) is 18.0 Å². The highest BCUT2D eigenvalue weighted by atomic mass is 19.4. The zero-order valence-corrected chi connectivity index (χ0v) is 12.9. The van der Waals surface area contributed by atoms with Crippen molar-refractivity contribution in [3.05, 3.63) is 11.6 Å². The van der Waals surface area contributed by atoms with Gasteiger partial charge >= 0.3 is 6.18 Å². The molecule has 0 aromatic carbocycles. The van der Waals surface area contributed by atoms with Crippen LogP contribution in [-0.2, 0) is 24.3 Å². The monoisotopic (exact) mass is 330 g/mol. The minimum Gasteiger partial charge on any atom is -0.349 e. The Hall–Kier alpha value is -1.60. The number of aromatic nitrogens is 3. The third-order valence-electron chi connectivity index (χ3n) is 4.88. The summed E-state index contributed by atoms with van der Waals surface area (Å²) in [5, 5.41) is 10.7. The predicted octanol–water partition coefficient (Wildman–Crippen LogP) is 2.60. The lowest BCUT2D eigenvalue weighted by Crippen LogP contribution is -2.34. The molecule has 1 saturated carbocycles. The van der Waals surface area contributed by atoms with Crippen LogP contribution in [0.2, 0.25) is 0 Å². The number of alkyl halides is 3. The third kappa shape index (κ3) is 3.84. The maximum Gasteiger partial charge on any atom is 0.393 e. The van der Waals surface area contributed by atoms with Gasteiger partial charge in [-0.05, 0) is 25.2 Å². The second-order valence-corrected chi connectivity index (χ2v) is 6.55. The number of halogens is 3. The summed E-state index contributed by atoms with van der Waals surface area (Å²) in [6.45, 7) is -0.0111. The lowest BCUT2D eigenvalue weighted by molar-refractivity contribution is -0.182. The molecule has 0 bridgehead atoms. The van der Waals surface area contributed by atoms with Crippen molar-refractivity contribution < 1.29 is 18.0 Å². The molecule has 2 aliphatic rings. The Morgan fingerprint density at radius 1 is 1.22 bits per heavy atom. The van der Waals surface area contributed by atoms with E-state index >= 15 is 0 Å². The van der Waals surface area contributed by atoms with Crippen LogP contribution in [0.25, 0.3) is 0 Å². The summed E-state index contributed by atoms with van der Waals surface area (Å²) in [5.74, 6) is 0.00700. The molecule has 3 rings (SSSR count). The zero-order chi connectivity index (χ0) is 16.4. The molecule has 1 amide bonds. The Balaban J connectivity index is 1.57. The molecule has 0 radical (unpaired) electrons. The van der Waals surface area contributed by atoms with E-state index in [0.29, 0.717) is 24.0 Å². The van der Waals surface area contributed by atoms with Gasteiger partial charge in [-0.2, -0.15) is 13.2 Å². The van der Waals surface area contributed by atoms with E-state index in [1.54, 1.807) is 0 Å². The number of carbonyl (C=O) groups excluding carboxylic acids is 1. The van der Waals surface area contributed by atoms with Gasteiger partial charge < -0.3 is 9.88 Å². The molecule has 1 aromatic heterocycles. The van der Waals surface area contributed by atoms with Gasteiger partial charge in [-0.15, -0.1) is 10.2 Å². The van der Waals surface area contributed by atoms with Crippen LogP contribution in [0.15, 0.2) is 0 Å². The Kier molecular flexibility index (Phi) is 4.59. The number of rotatable bonds is 4. The van der Waals surface area contributed by atoms with Crippen molar-refractivity contribution >= 4 is 5.91 Å². The van der Waals surface area contributed by atoms with Crippen LogP contribution in [0.3, 0.4) is 0 Å². The lowest BCUT2D eigenvalue weighted by atomic mass is 9.99.